The molecule has 0 saturated carbocycles. The summed E-state index contributed by atoms with van der Waals surface area (Å²) >= 11 is 0. The molecule has 5 nitrogen and oxygen atoms in total. The van der Waals surface area contributed by atoms with E-state index in [4.69, 9.17) is 0 Å². The number of phenolic OH excluding ortho intramolecular Hbond substituents is 1. The van der Waals surface area contributed by atoms with E-state index in [9.17, 15) is 9.90 Å². The van der Waals surface area contributed by atoms with Crippen LogP contribution in [0.25, 0.3) is 0 Å². The van der Waals surface area contributed by atoms with E-state index < -0.39 is 0 Å². The zero-order valence-corrected chi connectivity index (χ0v) is 20.8. The maximum atomic E-state index is 13.6. The largest absolute Gasteiger partial charge is 0.508 e. The van der Waals surface area contributed by atoms with Crippen LogP contribution in [0.5, 0.6) is 5.75 Å². The number of likely N-dealkylation sites (tertiary alicyclic amines) is 2. The third-order valence-corrected chi connectivity index (χ3v) is 9.27. The van der Waals surface area contributed by atoms with Crippen molar-refractivity contribution in [3.63, 3.8) is 0 Å². The predicted molar refractivity (Wildman–Crippen MR) is 138 cm³/mol. The van der Waals surface area contributed by atoms with Crippen molar-refractivity contribution < 1.29 is 9.90 Å². The number of carbonyl (C=O) groups is 1. The number of aromatic hydroxyl groups is 1. The zero-order valence-electron chi connectivity index (χ0n) is 20.8. The molecule has 5 aliphatic rings. The second-order valence-electron chi connectivity index (χ2n) is 11.3. The van der Waals surface area contributed by atoms with E-state index in [2.05, 4.69) is 20.8 Å². The molecule has 0 aromatic heterocycles. The Labute approximate surface area is 209 Å². The van der Waals surface area contributed by atoms with Crippen molar-refractivity contribution in [2.75, 3.05) is 32.8 Å². The summed E-state index contributed by atoms with van der Waals surface area (Å²) in [5.41, 5.74) is 3.56. The lowest BCUT2D eigenvalue weighted by atomic mass is 9.79. The van der Waals surface area contributed by atoms with Crippen LogP contribution in [0.4, 0.5) is 0 Å². The molecule has 4 aliphatic heterocycles. The maximum Gasteiger partial charge on any atom is 0.254 e. The van der Waals surface area contributed by atoms with Gasteiger partial charge in [-0.1, -0.05) is 24.3 Å². The van der Waals surface area contributed by atoms with Gasteiger partial charge in [0.05, 0.1) is 6.67 Å². The summed E-state index contributed by atoms with van der Waals surface area (Å²) in [4.78, 5) is 21.2. The van der Waals surface area contributed by atoms with Gasteiger partial charge in [-0.2, -0.15) is 0 Å². The highest BCUT2D eigenvalue weighted by Crippen LogP contribution is 2.41. The number of aryl methyl sites for hydroxylation is 1. The molecule has 4 heterocycles. The maximum absolute atomic E-state index is 13.6. The van der Waals surface area contributed by atoms with Crippen LogP contribution >= 0.6 is 0 Å². The molecule has 1 aliphatic carbocycles. The van der Waals surface area contributed by atoms with Crippen LogP contribution in [-0.2, 0) is 12.8 Å². The SMILES string of the molecule is O=C(c1ccccc1)N1C[C@H]2CCCc3cc(O)ccc3CC3CCC1C2CCN3CN1CCC1. The lowest BCUT2D eigenvalue weighted by Gasteiger charge is -2.43. The Balaban J connectivity index is 1.32. The highest BCUT2D eigenvalue weighted by atomic mass is 16.3. The summed E-state index contributed by atoms with van der Waals surface area (Å²) in [6.07, 6.45) is 9.07. The smallest absolute Gasteiger partial charge is 0.254 e. The van der Waals surface area contributed by atoms with E-state index in [0.29, 0.717) is 29.7 Å². The molecule has 1 N–H and O–H groups in total. The fraction of sp³-hybridized carbons (Fsp3) is 0.567. The Morgan fingerprint density at radius 2 is 1.77 bits per heavy atom. The minimum Gasteiger partial charge on any atom is -0.508 e. The fourth-order valence-electron chi connectivity index (χ4n) is 7.25. The summed E-state index contributed by atoms with van der Waals surface area (Å²) < 4.78 is 0. The van der Waals surface area contributed by atoms with E-state index in [0.717, 1.165) is 63.8 Å². The second-order valence-corrected chi connectivity index (χ2v) is 11.3. The number of amides is 1. The van der Waals surface area contributed by atoms with Crippen LogP contribution in [0.1, 0.15) is 60.0 Å². The molecular weight excluding hydrogens is 434 g/mol. The average Bonchev–Trinajstić information content (AvgIpc) is 3.17. The van der Waals surface area contributed by atoms with Gasteiger partial charge in [0.15, 0.2) is 0 Å². The summed E-state index contributed by atoms with van der Waals surface area (Å²) in [7, 11) is 0. The van der Waals surface area contributed by atoms with Crippen molar-refractivity contribution in [1.29, 1.82) is 0 Å². The van der Waals surface area contributed by atoms with Crippen LogP contribution in [0.3, 0.4) is 0 Å². The van der Waals surface area contributed by atoms with Crippen LogP contribution in [0.2, 0.25) is 0 Å². The molecule has 3 fully saturated rings. The number of nitrogens with zero attached hydrogens (tertiary/aromatic N) is 3. The second kappa shape index (κ2) is 9.94. The summed E-state index contributed by atoms with van der Waals surface area (Å²) in [5.74, 6) is 1.76. The fourth-order valence-corrected chi connectivity index (χ4v) is 7.25. The van der Waals surface area contributed by atoms with Crippen LogP contribution in [0, 0.1) is 11.8 Å². The third-order valence-electron chi connectivity index (χ3n) is 9.27. The van der Waals surface area contributed by atoms with E-state index >= 15 is 0 Å². The Bertz CT molecular complexity index is 1040. The molecule has 186 valence electrons. The monoisotopic (exact) mass is 473 g/mol. The molecule has 0 radical (unpaired) electrons. The van der Waals surface area contributed by atoms with Gasteiger partial charge >= 0.3 is 0 Å². The summed E-state index contributed by atoms with van der Waals surface area (Å²) in [6, 6.07) is 16.8. The van der Waals surface area contributed by atoms with Crippen LogP contribution in [-0.4, -0.2) is 70.6 Å². The molecule has 7 rings (SSSR count). The number of hydrogen-bond acceptors (Lipinski definition) is 4. The molecular formula is C30H39N3O2. The Hall–Kier alpha value is -2.37. The number of benzene rings is 2. The standard InChI is InChI=1S/C30H39N3O2/c34-27-12-10-24-18-26-11-13-29-28(14-17-32(26)21-31-15-5-16-31)25(9-4-8-23(24)19-27)20-33(29)30(35)22-6-2-1-3-7-22/h1-3,6-7,10,12,19,25-26,28-29,34H,4-5,8-9,11,13-18,20-21H2/t25-,26?,28?,29?/m1/s1. The molecule has 35 heavy (non-hydrogen) atoms. The molecule has 4 bridgehead atoms. The first-order chi connectivity index (χ1) is 17.2. The number of hydrogen-bond donors (Lipinski definition) is 1. The number of fused-ring (bicyclic) bond motifs is 5. The highest BCUT2D eigenvalue weighted by molar-refractivity contribution is 5.94. The lowest BCUT2D eigenvalue weighted by molar-refractivity contribution is 0.0302. The van der Waals surface area contributed by atoms with Gasteiger partial charge in [-0.05, 0) is 98.6 Å². The van der Waals surface area contributed by atoms with E-state index in [1.54, 1.807) is 0 Å². The van der Waals surface area contributed by atoms with Gasteiger partial charge in [0, 0.05) is 43.8 Å². The summed E-state index contributed by atoms with van der Waals surface area (Å²) in [5, 5.41) is 10.2. The predicted octanol–water partition coefficient (Wildman–Crippen LogP) is 4.55. The molecule has 3 unspecified atom stereocenters. The molecule has 3 saturated heterocycles. The van der Waals surface area contributed by atoms with E-state index in [1.165, 1.54) is 37.1 Å². The molecule has 2 aromatic rings. The zero-order chi connectivity index (χ0) is 23.8. The molecule has 0 spiro atoms. The molecule has 1 amide bonds. The van der Waals surface area contributed by atoms with Crippen molar-refractivity contribution >= 4 is 5.91 Å². The molecule has 5 heteroatoms. The van der Waals surface area contributed by atoms with Gasteiger partial charge in [-0.15, -0.1) is 0 Å². The van der Waals surface area contributed by atoms with Gasteiger partial charge in [-0.25, -0.2) is 0 Å². The van der Waals surface area contributed by atoms with Gasteiger partial charge in [0.2, 0.25) is 0 Å². The Morgan fingerprint density at radius 1 is 0.914 bits per heavy atom. The molecule has 2 aromatic carbocycles. The Kier molecular flexibility index (Phi) is 6.55. The first-order valence-electron chi connectivity index (χ1n) is 13.8. The minimum absolute atomic E-state index is 0.223. The van der Waals surface area contributed by atoms with Gasteiger partial charge in [0.1, 0.15) is 5.75 Å². The van der Waals surface area contributed by atoms with Crippen LogP contribution in [0.15, 0.2) is 48.5 Å². The van der Waals surface area contributed by atoms with Crippen molar-refractivity contribution in [1.82, 2.24) is 14.7 Å². The van der Waals surface area contributed by atoms with E-state index in [1.807, 2.05) is 42.5 Å². The van der Waals surface area contributed by atoms with Gasteiger partial charge in [0.25, 0.3) is 5.91 Å². The minimum atomic E-state index is 0.223. The quantitative estimate of drug-likeness (QED) is 0.711. The lowest BCUT2D eigenvalue weighted by Crippen LogP contribution is -2.52. The number of rotatable bonds is 3. The van der Waals surface area contributed by atoms with Crippen molar-refractivity contribution in [2.45, 2.75) is 63.5 Å². The first kappa shape index (κ1) is 23.1. The van der Waals surface area contributed by atoms with Crippen molar-refractivity contribution in [3.8, 4) is 5.75 Å². The highest BCUT2D eigenvalue weighted by Gasteiger charge is 2.45. The van der Waals surface area contributed by atoms with Gasteiger partial charge < -0.3 is 10.0 Å². The average molecular weight is 474 g/mol. The normalized spacial score (nSPS) is 29.5. The van der Waals surface area contributed by atoms with Gasteiger partial charge in [-0.3, -0.25) is 14.6 Å². The summed E-state index contributed by atoms with van der Waals surface area (Å²) in [6.45, 7) is 5.54. The first-order valence-corrected chi connectivity index (χ1v) is 13.8. The van der Waals surface area contributed by atoms with Crippen molar-refractivity contribution in [2.24, 2.45) is 11.8 Å². The topological polar surface area (TPSA) is 47.0 Å². The van der Waals surface area contributed by atoms with Crippen molar-refractivity contribution in [3.05, 3.63) is 65.2 Å². The molecule has 4 atom stereocenters. The van der Waals surface area contributed by atoms with E-state index in [-0.39, 0.29) is 5.91 Å². The number of phenols is 1. The van der Waals surface area contributed by atoms with Crippen LogP contribution < -0.4 is 0 Å². The Morgan fingerprint density at radius 3 is 2.57 bits per heavy atom. The number of carbonyl (C=O) groups excluding carboxylic acids is 1. The third kappa shape index (κ3) is 4.73.